The minimum absolute atomic E-state index is 0.480. The topological polar surface area (TPSA) is 68.9 Å². The molecule has 5 nitrogen and oxygen atoms in total. The molecule has 0 bridgehead atoms. The second-order valence-corrected chi connectivity index (χ2v) is 5.50. The summed E-state index contributed by atoms with van der Waals surface area (Å²) in [6.07, 6.45) is 4.41. The van der Waals surface area contributed by atoms with Crippen LogP contribution < -0.4 is 20.5 Å². The number of benzene rings is 1. The molecule has 0 fully saturated rings. The van der Waals surface area contributed by atoms with Gasteiger partial charge < -0.3 is 20.5 Å². The third-order valence-electron chi connectivity index (χ3n) is 2.96. The van der Waals surface area contributed by atoms with Crippen LogP contribution in [0, 0.1) is 0 Å². The molecule has 0 unspecified atom stereocenters. The van der Waals surface area contributed by atoms with Crippen LogP contribution in [0.4, 0.5) is 0 Å². The molecule has 1 aromatic rings. The van der Waals surface area contributed by atoms with E-state index in [2.05, 4.69) is 16.6 Å². The van der Waals surface area contributed by atoms with Crippen molar-refractivity contribution < 1.29 is 9.47 Å². The Morgan fingerprint density at radius 3 is 2.67 bits per heavy atom. The van der Waals surface area contributed by atoms with Gasteiger partial charge in [0.05, 0.1) is 20.8 Å². The summed E-state index contributed by atoms with van der Waals surface area (Å²) in [7, 11) is 3.24. The van der Waals surface area contributed by atoms with Crippen molar-refractivity contribution in [1.82, 2.24) is 5.32 Å². The van der Waals surface area contributed by atoms with Crippen LogP contribution in [-0.2, 0) is 6.54 Å². The number of aliphatic imine (C=N–C) groups is 1. The highest BCUT2D eigenvalue weighted by Gasteiger charge is 2.04. The van der Waals surface area contributed by atoms with Gasteiger partial charge in [0, 0.05) is 6.54 Å². The van der Waals surface area contributed by atoms with Crippen molar-refractivity contribution in [3.63, 3.8) is 0 Å². The second kappa shape index (κ2) is 10.2. The van der Waals surface area contributed by atoms with Crippen LogP contribution in [0.2, 0.25) is 0 Å². The lowest BCUT2D eigenvalue weighted by atomic mass is 10.2. The first kappa shape index (κ1) is 17.5. The van der Waals surface area contributed by atoms with Crippen LogP contribution in [0.3, 0.4) is 0 Å². The minimum atomic E-state index is 0.480. The molecule has 0 radical (unpaired) electrons. The normalized spacial score (nSPS) is 11.3. The van der Waals surface area contributed by atoms with E-state index in [0.29, 0.717) is 24.0 Å². The summed E-state index contributed by atoms with van der Waals surface area (Å²) in [5.74, 6) is 3.08. The third kappa shape index (κ3) is 6.62. The molecule has 6 heteroatoms. The average Bonchev–Trinajstić information content (AvgIpc) is 2.52. The van der Waals surface area contributed by atoms with Crippen molar-refractivity contribution in [2.45, 2.75) is 19.4 Å². The van der Waals surface area contributed by atoms with Crippen LogP contribution in [0.1, 0.15) is 18.4 Å². The molecular weight excluding hydrogens is 286 g/mol. The van der Waals surface area contributed by atoms with E-state index in [9.17, 15) is 0 Å². The van der Waals surface area contributed by atoms with E-state index in [1.54, 1.807) is 14.2 Å². The van der Waals surface area contributed by atoms with Gasteiger partial charge in [-0.3, -0.25) is 0 Å². The van der Waals surface area contributed by atoms with Crippen molar-refractivity contribution in [3.8, 4) is 11.5 Å². The lowest BCUT2D eigenvalue weighted by Gasteiger charge is -2.09. The monoisotopic (exact) mass is 311 g/mol. The summed E-state index contributed by atoms with van der Waals surface area (Å²) >= 11 is 1.86. The molecule has 1 rings (SSSR count). The quantitative estimate of drug-likeness (QED) is 0.416. The van der Waals surface area contributed by atoms with Gasteiger partial charge in [0.1, 0.15) is 0 Å². The number of nitrogens with two attached hydrogens (primary N) is 1. The molecule has 3 N–H and O–H groups in total. The predicted molar refractivity (Wildman–Crippen MR) is 90.5 cm³/mol. The molecule has 0 aliphatic heterocycles. The number of ether oxygens (including phenoxy) is 2. The van der Waals surface area contributed by atoms with Crippen LogP contribution in [0.15, 0.2) is 23.2 Å². The minimum Gasteiger partial charge on any atom is -0.493 e. The Bertz CT molecular complexity index is 453. The molecule has 0 saturated heterocycles. The Morgan fingerprint density at radius 1 is 1.24 bits per heavy atom. The molecule has 1 aromatic carbocycles. The first-order valence-electron chi connectivity index (χ1n) is 6.95. The van der Waals surface area contributed by atoms with Crippen LogP contribution in [-0.4, -0.2) is 38.7 Å². The lowest BCUT2D eigenvalue weighted by Crippen LogP contribution is -2.32. The van der Waals surface area contributed by atoms with Gasteiger partial charge in [0.2, 0.25) is 0 Å². The van der Waals surface area contributed by atoms with Crippen molar-refractivity contribution in [2.24, 2.45) is 10.7 Å². The standard InChI is InChI=1S/C15H25N3O2S/c1-19-13-7-6-12(10-14(13)20-2)11-18-15(16)17-8-4-5-9-21-3/h6-7,10H,4-5,8-9,11H2,1-3H3,(H3,16,17,18). The molecule has 0 saturated carbocycles. The van der Waals surface area contributed by atoms with Crippen LogP contribution in [0.5, 0.6) is 11.5 Å². The highest BCUT2D eigenvalue weighted by molar-refractivity contribution is 7.98. The first-order chi connectivity index (χ1) is 10.2. The molecular formula is C15H25N3O2S. The largest absolute Gasteiger partial charge is 0.493 e. The zero-order valence-corrected chi connectivity index (χ0v) is 13.8. The van der Waals surface area contributed by atoms with Crippen molar-refractivity contribution in [3.05, 3.63) is 23.8 Å². The Kier molecular flexibility index (Phi) is 8.50. The predicted octanol–water partition coefficient (Wildman–Crippen LogP) is 2.25. The number of thioether (sulfide) groups is 1. The van der Waals surface area contributed by atoms with E-state index < -0.39 is 0 Å². The fourth-order valence-corrected chi connectivity index (χ4v) is 2.29. The summed E-state index contributed by atoms with van der Waals surface area (Å²) in [6, 6.07) is 5.74. The van der Waals surface area contributed by atoms with Gasteiger partial charge in [0.15, 0.2) is 17.5 Å². The molecule has 0 spiro atoms. The molecule has 0 atom stereocenters. The number of nitrogens with one attached hydrogen (secondary N) is 1. The zero-order valence-electron chi connectivity index (χ0n) is 13.0. The SMILES string of the molecule is COc1ccc(CN=C(N)NCCCCSC)cc1OC. The van der Waals surface area contributed by atoms with Crippen molar-refractivity contribution in [2.75, 3.05) is 32.8 Å². The summed E-state index contributed by atoms with van der Waals surface area (Å²) in [4.78, 5) is 4.32. The number of unbranched alkanes of at least 4 members (excludes halogenated alkanes) is 1. The van der Waals surface area contributed by atoms with Gasteiger partial charge >= 0.3 is 0 Å². The zero-order chi connectivity index (χ0) is 15.5. The highest BCUT2D eigenvalue weighted by atomic mass is 32.2. The second-order valence-electron chi connectivity index (χ2n) is 4.52. The van der Waals surface area contributed by atoms with Gasteiger partial charge in [-0.25, -0.2) is 4.99 Å². The van der Waals surface area contributed by atoms with Crippen molar-refractivity contribution in [1.29, 1.82) is 0 Å². The number of guanidine groups is 1. The van der Waals surface area contributed by atoms with Crippen LogP contribution in [0.25, 0.3) is 0 Å². The highest BCUT2D eigenvalue weighted by Crippen LogP contribution is 2.27. The van der Waals surface area contributed by atoms with E-state index in [4.69, 9.17) is 15.2 Å². The van der Waals surface area contributed by atoms with Gasteiger partial charge in [-0.05, 0) is 42.5 Å². The fourth-order valence-electron chi connectivity index (χ4n) is 1.80. The maximum atomic E-state index is 5.84. The molecule has 118 valence electrons. The van der Waals surface area contributed by atoms with E-state index >= 15 is 0 Å². The molecule has 0 aliphatic carbocycles. The average molecular weight is 311 g/mol. The van der Waals surface area contributed by atoms with E-state index in [-0.39, 0.29) is 0 Å². The fraction of sp³-hybridized carbons (Fsp3) is 0.533. The lowest BCUT2D eigenvalue weighted by molar-refractivity contribution is 0.354. The Hall–Kier alpha value is -1.56. The number of hydrogen-bond acceptors (Lipinski definition) is 4. The summed E-state index contributed by atoms with van der Waals surface area (Å²) in [5, 5.41) is 3.13. The maximum Gasteiger partial charge on any atom is 0.188 e. The summed E-state index contributed by atoms with van der Waals surface area (Å²) in [5.41, 5.74) is 6.87. The van der Waals surface area contributed by atoms with E-state index in [1.165, 1.54) is 12.2 Å². The van der Waals surface area contributed by atoms with Crippen LogP contribution >= 0.6 is 11.8 Å². The van der Waals surface area contributed by atoms with E-state index in [1.807, 2.05) is 30.0 Å². The van der Waals surface area contributed by atoms with Gasteiger partial charge in [0.25, 0.3) is 0 Å². The van der Waals surface area contributed by atoms with Crippen molar-refractivity contribution >= 4 is 17.7 Å². The Labute approximate surface area is 131 Å². The summed E-state index contributed by atoms with van der Waals surface area (Å²) < 4.78 is 10.5. The van der Waals surface area contributed by atoms with Gasteiger partial charge in [-0.2, -0.15) is 11.8 Å². The molecule has 0 aliphatic rings. The Balaban J connectivity index is 2.44. The molecule has 0 aromatic heterocycles. The third-order valence-corrected chi connectivity index (χ3v) is 3.66. The smallest absolute Gasteiger partial charge is 0.188 e. The number of hydrogen-bond donors (Lipinski definition) is 2. The van der Waals surface area contributed by atoms with Gasteiger partial charge in [-0.15, -0.1) is 0 Å². The van der Waals surface area contributed by atoms with Gasteiger partial charge in [-0.1, -0.05) is 6.07 Å². The summed E-state index contributed by atoms with van der Waals surface area (Å²) in [6.45, 7) is 1.38. The molecule has 21 heavy (non-hydrogen) atoms. The number of rotatable bonds is 9. The molecule has 0 heterocycles. The molecule has 0 amide bonds. The Morgan fingerprint density at radius 2 is 2.00 bits per heavy atom. The maximum absolute atomic E-state index is 5.84. The number of methoxy groups -OCH3 is 2. The first-order valence-corrected chi connectivity index (χ1v) is 8.34. The number of nitrogens with zero attached hydrogens (tertiary/aromatic N) is 1. The van der Waals surface area contributed by atoms with E-state index in [0.717, 1.165) is 18.5 Å².